The van der Waals surface area contributed by atoms with Gasteiger partial charge in [0.25, 0.3) is 0 Å². The highest BCUT2D eigenvalue weighted by molar-refractivity contribution is 5.79. The molecule has 0 saturated heterocycles. The fraction of sp³-hybridized carbons (Fsp3) is 0.722. The second kappa shape index (κ2) is 7.10. The Bertz CT molecular complexity index is 381. The van der Waals surface area contributed by atoms with Gasteiger partial charge in [-0.3, -0.25) is 4.79 Å². The molecule has 114 valence electrons. The van der Waals surface area contributed by atoms with Crippen LogP contribution in [-0.4, -0.2) is 17.4 Å². The molecule has 20 heavy (non-hydrogen) atoms. The first-order chi connectivity index (χ1) is 9.34. The van der Waals surface area contributed by atoms with E-state index in [1.807, 2.05) is 11.8 Å². The van der Waals surface area contributed by atoms with Crippen LogP contribution >= 0.6 is 0 Å². The van der Waals surface area contributed by atoms with Crippen LogP contribution in [0.15, 0.2) is 24.4 Å². The number of allylic oxidation sites excluding steroid dienone is 2. The molecule has 0 heterocycles. The molecule has 3 unspecified atom stereocenters. The van der Waals surface area contributed by atoms with Crippen molar-refractivity contribution in [2.24, 2.45) is 17.3 Å². The molecule has 1 amide bonds. The zero-order valence-electron chi connectivity index (χ0n) is 13.9. The number of rotatable bonds is 8. The molecular formula is C18H31NO. The van der Waals surface area contributed by atoms with E-state index in [2.05, 4.69) is 40.3 Å². The maximum absolute atomic E-state index is 12.2. The lowest BCUT2D eigenvalue weighted by Gasteiger charge is -2.22. The highest BCUT2D eigenvalue weighted by atomic mass is 16.2. The molecule has 3 atom stereocenters. The standard InChI is InChI=1S/C18H31NO/c1-7-15(5)17(20)19(8-2)13-16-12-18(16,6)11-9-10-14(3)4/h8,10,15-16H,2,7,9,11-13H2,1,3-6H3. The maximum atomic E-state index is 12.2. The average molecular weight is 277 g/mol. The van der Waals surface area contributed by atoms with Crippen LogP contribution < -0.4 is 0 Å². The Kier molecular flexibility index (Phi) is 6.04. The Morgan fingerprint density at radius 1 is 1.50 bits per heavy atom. The molecule has 0 N–H and O–H groups in total. The molecule has 1 fully saturated rings. The maximum Gasteiger partial charge on any atom is 0.229 e. The van der Waals surface area contributed by atoms with Crippen LogP contribution in [0.4, 0.5) is 0 Å². The van der Waals surface area contributed by atoms with Gasteiger partial charge in [0.2, 0.25) is 5.91 Å². The first kappa shape index (κ1) is 17.0. The van der Waals surface area contributed by atoms with E-state index in [9.17, 15) is 4.79 Å². The molecule has 1 saturated carbocycles. The smallest absolute Gasteiger partial charge is 0.229 e. The predicted molar refractivity (Wildman–Crippen MR) is 86.2 cm³/mol. The summed E-state index contributed by atoms with van der Waals surface area (Å²) in [6.45, 7) is 15.4. The van der Waals surface area contributed by atoms with E-state index in [-0.39, 0.29) is 11.8 Å². The third-order valence-electron chi connectivity index (χ3n) is 4.76. The van der Waals surface area contributed by atoms with Gasteiger partial charge in [0, 0.05) is 12.5 Å². The van der Waals surface area contributed by atoms with Crippen molar-refractivity contribution >= 4 is 5.91 Å². The number of carbonyl (C=O) groups excluding carboxylic acids is 1. The largest absolute Gasteiger partial charge is 0.319 e. The van der Waals surface area contributed by atoms with E-state index in [4.69, 9.17) is 0 Å². The van der Waals surface area contributed by atoms with Gasteiger partial charge >= 0.3 is 0 Å². The van der Waals surface area contributed by atoms with Crippen molar-refractivity contribution in [1.29, 1.82) is 0 Å². The van der Waals surface area contributed by atoms with Gasteiger partial charge in [-0.25, -0.2) is 0 Å². The molecule has 0 aliphatic heterocycles. The summed E-state index contributed by atoms with van der Waals surface area (Å²) >= 11 is 0. The first-order valence-corrected chi connectivity index (χ1v) is 7.90. The van der Waals surface area contributed by atoms with E-state index >= 15 is 0 Å². The summed E-state index contributed by atoms with van der Waals surface area (Å²) in [4.78, 5) is 14.1. The number of nitrogens with zero attached hydrogens (tertiary/aromatic N) is 1. The number of hydrogen-bond donors (Lipinski definition) is 0. The van der Waals surface area contributed by atoms with Gasteiger partial charge in [-0.1, -0.05) is 39.0 Å². The van der Waals surface area contributed by atoms with Crippen molar-refractivity contribution in [1.82, 2.24) is 4.90 Å². The highest BCUT2D eigenvalue weighted by Gasteiger charge is 2.49. The lowest BCUT2D eigenvalue weighted by atomic mass is 9.98. The highest BCUT2D eigenvalue weighted by Crippen LogP contribution is 2.55. The molecule has 0 aromatic rings. The average Bonchev–Trinajstić information content (AvgIpc) is 3.04. The van der Waals surface area contributed by atoms with E-state index in [1.165, 1.54) is 18.4 Å². The molecular weight excluding hydrogens is 246 g/mol. The van der Waals surface area contributed by atoms with Crippen LogP contribution in [0.3, 0.4) is 0 Å². The number of amides is 1. The van der Waals surface area contributed by atoms with Crippen molar-refractivity contribution in [2.45, 2.75) is 60.3 Å². The van der Waals surface area contributed by atoms with Crippen molar-refractivity contribution in [3.05, 3.63) is 24.4 Å². The zero-order valence-corrected chi connectivity index (χ0v) is 13.9. The predicted octanol–water partition coefficient (Wildman–Crippen LogP) is 4.78. The Labute approximate surface area is 124 Å². The zero-order chi connectivity index (χ0) is 15.3. The van der Waals surface area contributed by atoms with Crippen LogP contribution in [-0.2, 0) is 4.79 Å². The van der Waals surface area contributed by atoms with Gasteiger partial charge in [0.15, 0.2) is 0 Å². The number of carbonyl (C=O) groups is 1. The molecule has 0 bridgehead atoms. The van der Waals surface area contributed by atoms with Crippen molar-refractivity contribution in [2.75, 3.05) is 6.54 Å². The van der Waals surface area contributed by atoms with E-state index in [0.29, 0.717) is 11.3 Å². The minimum atomic E-state index is 0.101. The first-order valence-electron chi connectivity index (χ1n) is 7.90. The molecule has 1 aliphatic carbocycles. The van der Waals surface area contributed by atoms with E-state index in [1.54, 1.807) is 6.20 Å². The summed E-state index contributed by atoms with van der Waals surface area (Å²) in [5.74, 6) is 0.962. The Hall–Kier alpha value is -1.05. The fourth-order valence-electron chi connectivity index (χ4n) is 2.74. The quantitative estimate of drug-likeness (QED) is 0.585. The monoisotopic (exact) mass is 277 g/mol. The molecule has 1 rings (SSSR count). The summed E-state index contributed by atoms with van der Waals surface area (Å²) in [6.07, 6.45) is 8.54. The summed E-state index contributed by atoms with van der Waals surface area (Å²) in [5.41, 5.74) is 1.81. The van der Waals surface area contributed by atoms with Crippen molar-refractivity contribution < 1.29 is 4.79 Å². The lowest BCUT2D eigenvalue weighted by molar-refractivity contribution is -0.132. The van der Waals surface area contributed by atoms with Crippen molar-refractivity contribution in [3.8, 4) is 0 Å². The third-order valence-corrected chi connectivity index (χ3v) is 4.76. The minimum Gasteiger partial charge on any atom is -0.319 e. The van der Waals surface area contributed by atoms with Gasteiger partial charge in [-0.05, 0) is 57.1 Å². The summed E-state index contributed by atoms with van der Waals surface area (Å²) in [7, 11) is 0. The fourth-order valence-corrected chi connectivity index (χ4v) is 2.74. The minimum absolute atomic E-state index is 0.101. The third kappa shape index (κ3) is 4.50. The Morgan fingerprint density at radius 2 is 2.15 bits per heavy atom. The summed E-state index contributed by atoms with van der Waals surface area (Å²) < 4.78 is 0. The second-order valence-corrected chi connectivity index (χ2v) is 6.86. The van der Waals surface area contributed by atoms with Crippen LogP contribution in [0.1, 0.15) is 60.3 Å². The van der Waals surface area contributed by atoms with E-state index < -0.39 is 0 Å². The van der Waals surface area contributed by atoms with E-state index in [0.717, 1.165) is 19.4 Å². The van der Waals surface area contributed by atoms with Gasteiger partial charge in [-0.15, -0.1) is 0 Å². The normalized spacial score (nSPS) is 25.8. The molecule has 2 nitrogen and oxygen atoms in total. The van der Waals surface area contributed by atoms with Crippen LogP contribution in [0.25, 0.3) is 0 Å². The Morgan fingerprint density at radius 3 is 2.65 bits per heavy atom. The molecule has 0 aromatic carbocycles. The summed E-state index contributed by atoms with van der Waals surface area (Å²) in [5, 5.41) is 0. The van der Waals surface area contributed by atoms with Crippen LogP contribution in [0.2, 0.25) is 0 Å². The van der Waals surface area contributed by atoms with Gasteiger partial charge in [0.05, 0.1) is 0 Å². The SMILES string of the molecule is C=CN(CC1CC1(C)CCC=C(C)C)C(=O)C(C)CC. The van der Waals surface area contributed by atoms with Gasteiger partial charge in [-0.2, -0.15) is 0 Å². The second-order valence-electron chi connectivity index (χ2n) is 6.86. The van der Waals surface area contributed by atoms with Crippen LogP contribution in [0.5, 0.6) is 0 Å². The topological polar surface area (TPSA) is 20.3 Å². The molecule has 0 radical (unpaired) electrons. The van der Waals surface area contributed by atoms with Gasteiger partial charge < -0.3 is 4.90 Å². The Balaban J connectivity index is 2.47. The molecule has 0 spiro atoms. The van der Waals surface area contributed by atoms with Crippen LogP contribution in [0, 0.1) is 17.3 Å². The molecule has 0 aromatic heterocycles. The van der Waals surface area contributed by atoms with Crippen molar-refractivity contribution in [3.63, 3.8) is 0 Å². The summed E-state index contributed by atoms with van der Waals surface area (Å²) in [6, 6.07) is 0. The lowest BCUT2D eigenvalue weighted by Crippen LogP contribution is -2.32. The molecule has 1 aliphatic rings. The molecule has 2 heteroatoms. The van der Waals surface area contributed by atoms with Gasteiger partial charge in [0.1, 0.15) is 0 Å². The number of hydrogen-bond acceptors (Lipinski definition) is 1.